The summed E-state index contributed by atoms with van der Waals surface area (Å²) >= 11 is 0. The number of alkyl halides is 3. The van der Waals surface area contributed by atoms with Crippen LogP contribution in [0.1, 0.15) is 104 Å². The fourth-order valence-corrected chi connectivity index (χ4v) is 8.56. The van der Waals surface area contributed by atoms with E-state index in [9.17, 15) is 32.3 Å². The predicted octanol–water partition coefficient (Wildman–Crippen LogP) is 6.29. The lowest BCUT2D eigenvalue weighted by molar-refractivity contribution is -0.135. The van der Waals surface area contributed by atoms with Crippen LogP contribution < -0.4 is 16.3 Å². The van der Waals surface area contributed by atoms with Crippen LogP contribution in [0.4, 0.5) is 18.9 Å². The molecule has 0 radical (unpaired) electrons. The molecular formula is C40H43F3N8O4. The molecular weight excluding hydrogens is 713 g/mol. The number of benzene rings is 2. The number of piperidine rings is 1. The number of aromatic nitrogens is 5. The number of imide groups is 1. The van der Waals surface area contributed by atoms with Crippen LogP contribution in [0, 0.1) is 5.92 Å². The Labute approximate surface area is 314 Å². The first-order valence-corrected chi connectivity index (χ1v) is 18.8. The molecule has 0 bridgehead atoms. The second-order valence-corrected chi connectivity index (χ2v) is 15.7. The quantitative estimate of drug-likeness (QED) is 0.169. The predicted molar refractivity (Wildman–Crippen MR) is 200 cm³/mol. The first-order valence-electron chi connectivity index (χ1n) is 18.8. The van der Waals surface area contributed by atoms with Gasteiger partial charge in [0.25, 0.3) is 12.3 Å². The fraction of sp³-hybridized carbons (Fsp3) is 0.450. The summed E-state index contributed by atoms with van der Waals surface area (Å²) in [6.07, 6.45) is 3.24. The number of rotatable bonds is 9. The summed E-state index contributed by atoms with van der Waals surface area (Å²) < 4.78 is 47.9. The van der Waals surface area contributed by atoms with Crippen molar-refractivity contribution in [1.29, 1.82) is 0 Å². The highest BCUT2D eigenvalue weighted by atomic mass is 19.3. The second kappa shape index (κ2) is 14.1. The molecule has 15 heteroatoms. The molecule has 8 rings (SSSR count). The Morgan fingerprint density at radius 3 is 2.47 bits per heavy atom. The summed E-state index contributed by atoms with van der Waals surface area (Å²) in [5.74, 6) is -0.730. The third kappa shape index (κ3) is 6.94. The zero-order valence-corrected chi connectivity index (χ0v) is 30.9. The van der Waals surface area contributed by atoms with Gasteiger partial charge in [0.1, 0.15) is 17.4 Å². The topological polar surface area (TPSA) is 136 Å². The number of anilines is 1. The SMILES string of the molecule is Cn1c(=O)n(C2CCC(=O)NC2=O)c2cccc(C3CN(CC4CCC(n5cc6cc(NC(=O)c7cccc(C(C)(C)F)n7)c(C(F)F)cc6n5)CC4)C3)c21. The van der Waals surface area contributed by atoms with Crippen molar-refractivity contribution in [2.45, 2.75) is 82.5 Å². The molecule has 55 heavy (non-hydrogen) atoms. The van der Waals surface area contributed by atoms with Crippen molar-refractivity contribution in [3.63, 3.8) is 0 Å². The number of carbonyl (C=O) groups excluding carboxylic acids is 3. The Bertz CT molecular complexity index is 2380. The van der Waals surface area contributed by atoms with Crippen LogP contribution in [0.15, 0.2) is 59.5 Å². The number of pyridine rings is 1. The molecule has 1 aliphatic carbocycles. The van der Waals surface area contributed by atoms with Gasteiger partial charge in [-0.25, -0.2) is 22.9 Å². The van der Waals surface area contributed by atoms with E-state index in [1.165, 1.54) is 48.7 Å². The summed E-state index contributed by atoms with van der Waals surface area (Å²) in [6, 6.07) is 12.5. The lowest BCUT2D eigenvalue weighted by atomic mass is 9.83. The molecule has 1 unspecified atom stereocenters. The Morgan fingerprint density at radius 1 is 1.02 bits per heavy atom. The number of imidazole rings is 1. The van der Waals surface area contributed by atoms with Crippen molar-refractivity contribution in [2.24, 2.45) is 13.0 Å². The minimum Gasteiger partial charge on any atom is -0.320 e. The van der Waals surface area contributed by atoms with Crippen molar-refractivity contribution in [3.05, 3.63) is 87.7 Å². The van der Waals surface area contributed by atoms with Gasteiger partial charge in [0.2, 0.25) is 11.8 Å². The Balaban J connectivity index is 0.899. The average Bonchev–Trinajstić information content (AvgIpc) is 3.66. The molecule has 0 spiro atoms. The van der Waals surface area contributed by atoms with E-state index in [1.54, 1.807) is 11.6 Å². The van der Waals surface area contributed by atoms with Crippen LogP contribution in [-0.4, -0.2) is 66.2 Å². The molecule has 3 amide bonds. The number of para-hydroxylation sites is 1. The molecule has 2 aliphatic heterocycles. The normalized spacial score (nSPS) is 21.3. The van der Waals surface area contributed by atoms with Crippen LogP contribution in [0.25, 0.3) is 21.9 Å². The van der Waals surface area contributed by atoms with Crippen LogP contribution >= 0.6 is 0 Å². The third-order valence-electron chi connectivity index (χ3n) is 11.5. The molecule has 1 saturated carbocycles. The molecule has 12 nitrogen and oxygen atoms in total. The van der Waals surface area contributed by atoms with E-state index in [4.69, 9.17) is 0 Å². The van der Waals surface area contributed by atoms with Crippen LogP contribution in [-0.2, 0) is 22.3 Å². The summed E-state index contributed by atoms with van der Waals surface area (Å²) in [5.41, 5.74) is 0.593. The lowest BCUT2D eigenvalue weighted by Crippen LogP contribution is -2.47. The summed E-state index contributed by atoms with van der Waals surface area (Å²) in [7, 11) is 1.73. The minimum absolute atomic E-state index is 0.0411. The molecule has 3 aromatic heterocycles. The summed E-state index contributed by atoms with van der Waals surface area (Å²) in [4.78, 5) is 57.3. The maximum absolute atomic E-state index is 14.5. The van der Waals surface area contributed by atoms with Gasteiger partial charge in [0.05, 0.1) is 34.0 Å². The standard InChI is InChI=1S/C40H43F3N8O4/c1-40(2,43)33-9-5-7-28(44-33)37(53)45-30-16-23-21-50(47-29(23)17-27(30)36(41)42)25-12-10-22(11-13-25)18-49-19-24(20-49)26-6-4-8-31-35(26)48(3)39(55)51(31)32-14-15-34(52)46-38(32)54/h4-9,16-17,21-22,24-25,32,36H,10-15,18-20H2,1-3H3,(H,45,53)(H,46,52,54). The number of amides is 3. The molecule has 2 N–H and O–H groups in total. The maximum atomic E-state index is 14.5. The van der Waals surface area contributed by atoms with Gasteiger partial charge in [-0.3, -0.25) is 33.5 Å². The molecule has 2 aromatic carbocycles. The van der Waals surface area contributed by atoms with Crippen LogP contribution in [0.3, 0.4) is 0 Å². The Kier molecular flexibility index (Phi) is 9.38. The smallest absolute Gasteiger partial charge is 0.320 e. The van der Waals surface area contributed by atoms with Crippen molar-refractivity contribution in [1.82, 2.24) is 34.1 Å². The summed E-state index contributed by atoms with van der Waals surface area (Å²) in [5, 5.41) is 10.2. The van der Waals surface area contributed by atoms with Gasteiger partial charge < -0.3 is 10.2 Å². The van der Waals surface area contributed by atoms with E-state index in [0.29, 0.717) is 28.8 Å². The van der Waals surface area contributed by atoms with E-state index in [2.05, 4.69) is 31.7 Å². The monoisotopic (exact) mass is 756 g/mol. The van der Waals surface area contributed by atoms with Gasteiger partial charge in [-0.1, -0.05) is 18.2 Å². The van der Waals surface area contributed by atoms with E-state index < -0.39 is 30.0 Å². The van der Waals surface area contributed by atoms with Gasteiger partial charge in [-0.05, 0) is 87.8 Å². The van der Waals surface area contributed by atoms with Gasteiger partial charge in [0.15, 0.2) is 0 Å². The highest BCUT2D eigenvalue weighted by molar-refractivity contribution is 6.04. The highest BCUT2D eigenvalue weighted by Crippen LogP contribution is 2.39. The first kappa shape index (κ1) is 36.7. The molecule has 3 aliphatic rings. The molecule has 2 saturated heterocycles. The summed E-state index contributed by atoms with van der Waals surface area (Å²) in [6.45, 7) is 5.34. The number of hydrogen-bond acceptors (Lipinski definition) is 7. The molecule has 288 valence electrons. The number of nitrogens with one attached hydrogen (secondary N) is 2. The number of fused-ring (bicyclic) bond motifs is 2. The van der Waals surface area contributed by atoms with Crippen LogP contribution in [0.5, 0.6) is 0 Å². The fourth-order valence-electron chi connectivity index (χ4n) is 8.56. The molecule has 5 aromatic rings. The number of likely N-dealkylation sites (tertiary alicyclic amines) is 1. The molecule has 1 atom stereocenters. The van der Waals surface area contributed by atoms with Gasteiger partial charge in [-0.2, -0.15) is 5.10 Å². The minimum atomic E-state index is -2.86. The average molecular weight is 757 g/mol. The molecule has 5 heterocycles. The number of hydrogen-bond donors (Lipinski definition) is 2. The number of aryl methyl sites for hydroxylation is 1. The Hall–Kier alpha value is -5.31. The van der Waals surface area contributed by atoms with Crippen molar-refractivity contribution < 1.29 is 27.6 Å². The van der Waals surface area contributed by atoms with Crippen molar-refractivity contribution >= 4 is 45.3 Å². The lowest BCUT2D eigenvalue weighted by Gasteiger charge is -2.43. The Morgan fingerprint density at radius 2 is 1.76 bits per heavy atom. The number of carbonyl (C=O) groups is 3. The molecule has 3 fully saturated rings. The van der Waals surface area contributed by atoms with E-state index in [0.717, 1.165) is 56.4 Å². The van der Waals surface area contributed by atoms with Crippen LogP contribution in [0.2, 0.25) is 0 Å². The second-order valence-electron chi connectivity index (χ2n) is 15.7. The van der Waals surface area contributed by atoms with Crippen molar-refractivity contribution in [3.8, 4) is 0 Å². The van der Waals surface area contributed by atoms with Gasteiger partial charge in [-0.15, -0.1) is 0 Å². The zero-order chi connectivity index (χ0) is 38.8. The number of halogens is 3. The number of nitrogens with zero attached hydrogens (tertiary/aromatic N) is 6. The first-order chi connectivity index (χ1) is 26.2. The van der Waals surface area contributed by atoms with Gasteiger partial charge in [0, 0.05) is 56.2 Å². The van der Waals surface area contributed by atoms with Gasteiger partial charge >= 0.3 is 5.69 Å². The van der Waals surface area contributed by atoms with Crippen molar-refractivity contribution in [2.75, 3.05) is 25.0 Å². The third-order valence-corrected chi connectivity index (χ3v) is 11.5. The highest BCUT2D eigenvalue weighted by Gasteiger charge is 2.36. The van der Waals surface area contributed by atoms with E-state index in [-0.39, 0.29) is 52.6 Å². The van der Waals surface area contributed by atoms with E-state index in [1.807, 2.05) is 23.0 Å². The zero-order valence-electron chi connectivity index (χ0n) is 30.9. The van der Waals surface area contributed by atoms with E-state index >= 15 is 0 Å². The largest absolute Gasteiger partial charge is 0.329 e. The maximum Gasteiger partial charge on any atom is 0.329 e.